The van der Waals surface area contributed by atoms with Gasteiger partial charge in [0.15, 0.2) is 0 Å². The van der Waals surface area contributed by atoms with Crippen molar-refractivity contribution in [2.75, 3.05) is 53.0 Å². The summed E-state index contributed by atoms with van der Waals surface area (Å²) in [6.07, 6.45) is 11.3. The van der Waals surface area contributed by atoms with Gasteiger partial charge in [0, 0.05) is 45.8 Å². The molecule has 2 heterocycles. The van der Waals surface area contributed by atoms with Crippen molar-refractivity contribution in [1.82, 2.24) is 31.1 Å². The van der Waals surface area contributed by atoms with Crippen LogP contribution in [0.25, 0.3) is 0 Å². The van der Waals surface area contributed by atoms with E-state index in [0.717, 1.165) is 83.7 Å². The Hall–Kier alpha value is -2.85. The maximum atomic E-state index is 14.2. The lowest BCUT2D eigenvalue weighted by molar-refractivity contribution is -0.147. The van der Waals surface area contributed by atoms with Gasteiger partial charge in [0.05, 0.1) is 31.3 Å². The Bertz CT molecular complexity index is 1200. The SMILES string of the molecule is CCCCCC[C@H]1OC[C@@H](C)NC(=O)C(COC2CCN(CCN)C2)NC(=O)C(CN)NC(=O)C(C2CCCCCC2)NC(=O)C(CCC)N(C)C(=O)C1C. The predicted molar refractivity (Wildman–Crippen MR) is 213 cm³/mol. The van der Waals surface area contributed by atoms with Crippen LogP contribution in [0.1, 0.15) is 118 Å². The van der Waals surface area contributed by atoms with Gasteiger partial charge >= 0.3 is 0 Å². The first-order valence-corrected chi connectivity index (χ1v) is 21.3. The Morgan fingerprint density at radius 2 is 1.47 bits per heavy atom. The van der Waals surface area contributed by atoms with Gasteiger partial charge in [-0.2, -0.15) is 0 Å². The topological polar surface area (TPSA) is 210 Å². The lowest BCUT2D eigenvalue weighted by Crippen LogP contribution is -2.62. The van der Waals surface area contributed by atoms with Crippen LogP contribution >= 0.6 is 0 Å². The number of likely N-dealkylation sites (N-methyl/N-ethyl adjacent to an activating group) is 1. The Labute approximate surface area is 329 Å². The molecule has 0 aromatic heterocycles. The molecular formula is C40H74N8O7. The van der Waals surface area contributed by atoms with E-state index in [9.17, 15) is 24.0 Å². The summed E-state index contributed by atoms with van der Waals surface area (Å²) in [6, 6.07) is -4.47. The molecule has 1 aliphatic carbocycles. The van der Waals surface area contributed by atoms with Crippen molar-refractivity contribution in [3.63, 3.8) is 0 Å². The molecule has 0 aromatic rings. The molecule has 3 rings (SSSR count). The van der Waals surface area contributed by atoms with Crippen molar-refractivity contribution in [2.45, 2.75) is 160 Å². The molecule has 8 N–H and O–H groups in total. The zero-order valence-corrected chi connectivity index (χ0v) is 34.5. The van der Waals surface area contributed by atoms with Gasteiger partial charge in [-0.1, -0.05) is 78.6 Å². The number of rotatable bonds is 14. The zero-order valence-electron chi connectivity index (χ0n) is 34.5. The molecule has 15 heteroatoms. The highest BCUT2D eigenvalue weighted by Gasteiger charge is 2.38. The molecule has 0 radical (unpaired) electrons. The number of nitrogens with two attached hydrogens (primary N) is 2. The van der Waals surface area contributed by atoms with Crippen molar-refractivity contribution < 1.29 is 33.4 Å². The van der Waals surface area contributed by atoms with Crippen LogP contribution in [0.15, 0.2) is 0 Å². The molecule has 6 unspecified atom stereocenters. The quantitative estimate of drug-likeness (QED) is 0.111. The number of unbranched alkanes of at least 4 members (excludes halogenated alkanes) is 3. The summed E-state index contributed by atoms with van der Waals surface area (Å²) in [7, 11) is 1.65. The number of likely N-dealkylation sites (tertiary alicyclic amines) is 1. The summed E-state index contributed by atoms with van der Waals surface area (Å²) < 4.78 is 12.6. The van der Waals surface area contributed by atoms with Crippen LogP contribution in [-0.2, 0) is 33.4 Å². The average molecular weight is 779 g/mol. The van der Waals surface area contributed by atoms with Gasteiger partial charge in [0.25, 0.3) is 0 Å². The van der Waals surface area contributed by atoms with Crippen LogP contribution in [0.5, 0.6) is 0 Å². The second-order valence-corrected chi connectivity index (χ2v) is 16.1. The molecule has 0 bridgehead atoms. The first kappa shape index (κ1) is 46.5. The molecule has 3 fully saturated rings. The molecule has 55 heavy (non-hydrogen) atoms. The van der Waals surface area contributed by atoms with E-state index in [4.69, 9.17) is 20.9 Å². The Balaban J connectivity index is 1.97. The van der Waals surface area contributed by atoms with Crippen molar-refractivity contribution >= 4 is 29.5 Å². The average Bonchev–Trinajstić information content (AvgIpc) is 3.44. The highest BCUT2D eigenvalue weighted by atomic mass is 16.5. The molecule has 8 atom stereocenters. The third-order valence-electron chi connectivity index (χ3n) is 11.5. The van der Waals surface area contributed by atoms with E-state index < -0.39 is 65.9 Å². The van der Waals surface area contributed by atoms with E-state index in [1.165, 1.54) is 4.90 Å². The fourth-order valence-corrected chi connectivity index (χ4v) is 8.10. The van der Waals surface area contributed by atoms with Gasteiger partial charge in [-0.3, -0.25) is 28.9 Å². The third kappa shape index (κ3) is 14.9. The van der Waals surface area contributed by atoms with Crippen molar-refractivity contribution in [3.8, 4) is 0 Å². The molecule has 0 aromatic carbocycles. The van der Waals surface area contributed by atoms with Crippen LogP contribution in [0.2, 0.25) is 0 Å². The standard InChI is InChI=1S/C40H74N8O7/c1-6-8-9-14-18-34-28(4)40(53)47(5)33(15-7-2)38(51)46-35(29-16-12-10-11-13-17-29)39(52)44-31(23-42)36(49)45-32(37(50)43-27(3)25-55-34)26-54-30-19-21-48(24-30)22-20-41/h27-35H,6-26,41-42H2,1-5H3,(H,43,50)(H,44,52)(H,45,49)(H,46,51)/t27-,28?,30?,31?,32?,33?,34-,35?/m1/s1. The second-order valence-electron chi connectivity index (χ2n) is 16.1. The van der Waals surface area contributed by atoms with E-state index in [2.05, 4.69) is 33.1 Å². The van der Waals surface area contributed by atoms with E-state index in [-0.39, 0.29) is 37.7 Å². The third-order valence-corrected chi connectivity index (χ3v) is 11.5. The van der Waals surface area contributed by atoms with Gasteiger partial charge in [0.1, 0.15) is 24.2 Å². The van der Waals surface area contributed by atoms with E-state index in [0.29, 0.717) is 32.4 Å². The van der Waals surface area contributed by atoms with Crippen LogP contribution in [0.4, 0.5) is 0 Å². The summed E-state index contributed by atoms with van der Waals surface area (Å²) in [4.78, 5) is 73.9. The fraction of sp³-hybridized carbons (Fsp3) is 0.875. The lowest BCUT2D eigenvalue weighted by atomic mass is 9.90. The predicted octanol–water partition coefficient (Wildman–Crippen LogP) is 1.56. The van der Waals surface area contributed by atoms with Crippen molar-refractivity contribution in [2.24, 2.45) is 23.3 Å². The molecule has 2 saturated heterocycles. The highest BCUT2D eigenvalue weighted by Crippen LogP contribution is 2.27. The number of hydrogen-bond donors (Lipinski definition) is 6. The van der Waals surface area contributed by atoms with E-state index in [1.54, 1.807) is 7.05 Å². The van der Waals surface area contributed by atoms with Crippen molar-refractivity contribution in [1.29, 1.82) is 0 Å². The Kier molecular flexibility index (Phi) is 20.9. The van der Waals surface area contributed by atoms with Gasteiger partial charge in [-0.15, -0.1) is 0 Å². The summed E-state index contributed by atoms with van der Waals surface area (Å²) in [5.41, 5.74) is 11.8. The van der Waals surface area contributed by atoms with Crippen LogP contribution in [0.3, 0.4) is 0 Å². The monoisotopic (exact) mass is 779 g/mol. The minimum atomic E-state index is -1.17. The van der Waals surface area contributed by atoms with E-state index in [1.807, 2.05) is 20.8 Å². The Morgan fingerprint density at radius 1 is 0.782 bits per heavy atom. The molecule has 2 aliphatic heterocycles. The number of nitrogens with zero attached hydrogens (tertiary/aromatic N) is 2. The van der Waals surface area contributed by atoms with Crippen molar-refractivity contribution in [3.05, 3.63) is 0 Å². The number of carbonyl (C=O) groups is 5. The maximum Gasteiger partial charge on any atom is 0.245 e. The fourth-order valence-electron chi connectivity index (χ4n) is 8.10. The van der Waals surface area contributed by atoms with Crippen LogP contribution < -0.4 is 32.7 Å². The number of ether oxygens (including phenoxy) is 2. The molecule has 316 valence electrons. The van der Waals surface area contributed by atoms with E-state index >= 15 is 0 Å². The van der Waals surface area contributed by atoms with Gasteiger partial charge in [-0.25, -0.2) is 0 Å². The second kappa shape index (κ2) is 24.7. The molecule has 1 saturated carbocycles. The number of carbonyl (C=O) groups excluding carboxylic acids is 5. The number of hydrogen-bond acceptors (Lipinski definition) is 10. The first-order valence-electron chi connectivity index (χ1n) is 21.3. The Morgan fingerprint density at radius 3 is 2.13 bits per heavy atom. The van der Waals surface area contributed by atoms with Gasteiger partial charge in [-0.05, 0) is 44.9 Å². The van der Waals surface area contributed by atoms with Gasteiger partial charge < -0.3 is 47.1 Å². The molecule has 3 aliphatic rings. The first-order chi connectivity index (χ1) is 26.4. The largest absolute Gasteiger partial charge is 0.375 e. The normalized spacial score (nSPS) is 30.7. The van der Waals surface area contributed by atoms with Crippen LogP contribution in [0, 0.1) is 11.8 Å². The highest BCUT2D eigenvalue weighted by molar-refractivity contribution is 5.96. The summed E-state index contributed by atoms with van der Waals surface area (Å²) >= 11 is 0. The number of amides is 5. The molecule has 15 nitrogen and oxygen atoms in total. The summed E-state index contributed by atoms with van der Waals surface area (Å²) in [6.45, 7) is 10.4. The molecule has 0 spiro atoms. The zero-order chi connectivity index (χ0) is 40.3. The molecular weight excluding hydrogens is 704 g/mol. The minimum absolute atomic E-state index is 0.0883. The summed E-state index contributed by atoms with van der Waals surface area (Å²) in [5.74, 6) is -2.96. The van der Waals surface area contributed by atoms with Crippen LogP contribution in [-0.4, -0.2) is 135 Å². The smallest absolute Gasteiger partial charge is 0.245 e. The number of nitrogens with one attached hydrogen (secondary N) is 4. The lowest BCUT2D eigenvalue weighted by Gasteiger charge is -2.34. The maximum absolute atomic E-state index is 14.2. The van der Waals surface area contributed by atoms with Gasteiger partial charge in [0.2, 0.25) is 29.5 Å². The summed E-state index contributed by atoms with van der Waals surface area (Å²) in [5, 5.41) is 11.6. The molecule has 5 amide bonds. The minimum Gasteiger partial charge on any atom is -0.375 e.